The van der Waals surface area contributed by atoms with E-state index in [1.165, 1.54) is 28.6 Å². The molecule has 1 aliphatic carbocycles. The van der Waals surface area contributed by atoms with Crippen molar-refractivity contribution in [2.24, 2.45) is 0 Å². The van der Waals surface area contributed by atoms with Gasteiger partial charge in [0.2, 0.25) is 10.0 Å². The van der Waals surface area contributed by atoms with Gasteiger partial charge in [-0.15, -0.1) is 0 Å². The van der Waals surface area contributed by atoms with E-state index in [4.69, 9.17) is 0 Å². The molecule has 1 saturated carbocycles. The third kappa shape index (κ3) is 6.11. The first-order chi connectivity index (χ1) is 19.6. The van der Waals surface area contributed by atoms with Crippen LogP contribution in [0, 0.1) is 6.92 Å². The Hall–Kier alpha value is -4.60. The predicted molar refractivity (Wildman–Crippen MR) is 158 cm³/mol. The molecule has 2 amide bonds. The van der Waals surface area contributed by atoms with Gasteiger partial charge in [0.25, 0.3) is 11.8 Å². The molecule has 0 saturated heterocycles. The van der Waals surface area contributed by atoms with Crippen molar-refractivity contribution in [2.75, 3.05) is 17.7 Å². The minimum atomic E-state index is -3.63. The molecule has 5 rings (SSSR count). The van der Waals surface area contributed by atoms with E-state index in [0.717, 1.165) is 18.4 Å². The number of anilines is 2. The van der Waals surface area contributed by atoms with Crippen LogP contribution in [0.5, 0.6) is 0 Å². The summed E-state index contributed by atoms with van der Waals surface area (Å²) in [6.07, 6.45) is 1.69. The van der Waals surface area contributed by atoms with Gasteiger partial charge in [0.15, 0.2) is 5.78 Å². The molecule has 0 aromatic heterocycles. The van der Waals surface area contributed by atoms with Crippen molar-refractivity contribution in [3.8, 4) is 0 Å². The second-order valence-corrected chi connectivity index (χ2v) is 12.0. The fraction of sp³-hybridized carbons (Fsp3) is 0.156. The molecule has 2 N–H and O–H groups in total. The minimum absolute atomic E-state index is 0.0260. The van der Waals surface area contributed by atoms with Crippen LogP contribution in [0.15, 0.2) is 102 Å². The SMILES string of the molecule is Cc1ccc(NC(=O)c2ccccc2NC(=O)c2ccc(S(=O)(=O)N(C)C3CC3)cc2)c(C(=O)c2ccccc2)c1. The Balaban J connectivity index is 1.34. The maximum Gasteiger partial charge on any atom is 0.257 e. The van der Waals surface area contributed by atoms with Crippen molar-refractivity contribution in [3.05, 3.63) is 125 Å². The first-order valence-corrected chi connectivity index (χ1v) is 14.6. The van der Waals surface area contributed by atoms with E-state index in [9.17, 15) is 22.8 Å². The van der Waals surface area contributed by atoms with Gasteiger partial charge in [-0.2, -0.15) is 4.31 Å². The van der Waals surface area contributed by atoms with Crippen LogP contribution in [0.25, 0.3) is 0 Å². The van der Waals surface area contributed by atoms with Crippen LogP contribution in [-0.4, -0.2) is 43.4 Å². The molecular formula is C32H29N3O5S. The second kappa shape index (κ2) is 11.5. The number of sulfonamides is 1. The Labute approximate surface area is 239 Å². The molecule has 9 heteroatoms. The Morgan fingerprint density at radius 2 is 1.32 bits per heavy atom. The molecule has 0 unspecified atom stereocenters. The Morgan fingerprint density at radius 1 is 0.707 bits per heavy atom. The number of nitrogens with zero attached hydrogens (tertiary/aromatic N) is 1. The van der Waals surface area contributed by atoms with Gasteiger partial charge < -0.3 is 10.6 Å². The number of nitrogens with one attached hydrogen (secondary N) is 2. The van der Waals surface area contributed by atoms with Gasteiger partial charge in [0.1, 0.15) is 0 Å². The van der Waals surface area contributed by atoms with Crippen molar-refractivity contribution < 1.29 is 22.8 Å². The largest absolute Gasteiger partial charge is 0.321 e. The van der Waals surface area contributed by atoms with Gasteiger partial charge in [-0.1, -0.05) is 54.1 Å². The number of carbonyl (C=O) groups excluding carboxylic acids is 3. The van der Waals surface area contributed by atoms with Gasteiger partial charge in [0, 0.05) is 29.8 Å². The highest BCUT2D eigenvalue weighted by atomic mass is 32.2. The zero-order valence-corrected chi connectivity index (χ0v) is 23.4. The highest BCUT2D eigenvalue weighted by Crippen LogP contribution is 2.30. The van der Waals surface area contributed by atoms with E-state index < -0.39 is 21.8 Å². The third-order valence-corrected chi connectivity index (χ3v) is 8.90. The Kier molecular flexibility index (Phi) is 7.83. The van der Waals surface area contributed by atoms with Crippen LogP contribution in [-0.2, 0) is 10.0 Å². The zero-order chi connectivity index (χ0) is 29.1. The molecule has 1 aliphatic rings. The molecule has 4 aromatic rings. The van der Waals surface area contributed by atoms with Gasteiger partial charge in [0.05, 0.1) is 21.8 Å². The van der Waals surface area contributed by atoms with Crippen LogP contribution >= 0.6 is 0 Å². The normalized spacial score (nSPS) is 13.0. The summed E-state index contributed by atoms with van der Waals surface area (Å²) in [5, 5.41) is 5.57. The summed E-state index contributed by atoms with van der Waals surface area (Å²) >= 11 is 0. The van der Waals surface area contributed by atoms with Crippen molar-refractivity contribution in [1.82, 2.24) is 4.31 Å². The molecule has 0 radical (unpaired) electrons. The number of amides is 2. The van der Waals surface area contributed by atoms with Crippen molar-refractivity contribution >= 4 is 39.0 Å². The van der Waals surface area contributed by atoms with Gasteiger partial charge in [-0.05, 0) is 68.3 Å². The lowest BCUT2D eigenvalue weighted by atomic mass is 9.99. The fourth-order valence-corrected chi connectivity index (χ4v) is 5.87. The summed E-state index contributed by atoms with van der Waals surface area (Å²) in [6.45, 7) is 1.87. The lowest BCUT2D eigenvalue weighted by molar-refractivity contribution is 0.102. The number of hydrogen-bond donors (Lipinski definition) is 2. The summed E-state index contributed by atoms with van der Waals surface area (Å²) in [5.74, 6) is -1.23. The van der Waals surface area contributed by atoms with Crippen molar-refractivity contribution in [2.45, 2.75) is 30.7 Å². The van der Waals surface area contributed by atoms with Crippen molar-refractivity contribution in [1.29, 1.82) is 0 Å². The molecule has 0 aliphatic heterocycles. The van der Waals surface area contributed by atoms with E-state index in [0.29, 0.717) is 16.8 Å². The molecule has 0 bridgehead atoms. The maximum atomic E-state index is 13.4. The minimum Gasteiger partial charge on any atom is -0.321 e. The maximum absolute atomic E-state index is 13.4. The molecule has 0 spiro atoms. The highest BCUT2D eigenvalue weighted by Gasteiger charge is 2.35. The number of hydrogen-bond acceptors (Lipinski definition) is 5. The van der Waals surface area contributed by atoms with E-state index in [1.807, 2.05) is 13.0 Å². The quantitative estimate of drug-likeness (QED) is 0.259. The number of carbonyl (C=O) groups is 3. The van der Waals surface area contributed by atoms with Crippen LogP contribution in [0.2, 0.25) is 0 Å². The van der Waals surface area contributed by atoms with Crippen molar-refractivity contribution in [3.63, 3.8) is 0 Å². The van der Waals surface area contributed by atoms with E-state index in [1.54, 1.807) is 73.8 Å². The molecule has 41 heavy (non-hydrogen) atoms. The number of ketones is 1. The van der Waals surface area contributed by atoms with Gasteiger partial charge in [-0.25, -0.2) is 8.42 Å². The highest BCUT2D eigenvalue weighted by molar-refractivity contribution is 7.89. The number of rotatable bonds is 9. The third-order valence-electron chi connectivity index (χ3n) is 6.98. The van der Waals surface area contributed by atoms with E-state index >= 15 is 0 Å². The fourth-order valence-electron chi connectivity index (χ4n) is 4.45. The molecule has 0 atom stereocenters. The lowest BCUT2D eigenvalue weighted by Gasteiger charge is -2.16. The van der Waals surface area contributed by atoms with Crippen LogP contribution in [0.1, 0.15) is 55.0 Å². The first-order valence-electron chi connectivity index (χ1n) is 13.2. The average molecular weight is 568 g/mol. The summed E-state index contributed by atoms with van der Waals surface area (Å²) in [6, 6.07) is 26.3. The number of benzene rings is 4. The average Bonchev–Trinajstić information content (AvgIpc) is 3.83. The zero-order valence-electron chi connectivity index (χ0n) is 22.6. The number of para-hydroxylation sites is 1. The Morgan fingerprint density at radius 3 is 2.00 bits per heavy atom. The van der Waals surface area contributed by atoms with Gasteiger partial charge >= 0.3 is 0 Å². The van der Waals surface area contributed by atoms with Gasteiger partial charge in [-0.3, -0.25) is 14.4 Å². The molecule has 0 heterocycles. The van der Waals surface area contributed by atoms with Crippen LogP contribution in [0.4, 0.5) is 11.4 Å². The summed E-state index contributed by atoms with van der Waals surface area (Å²) < 4.78 is 26.9. The summed E-state index contributed by atoms with van der Waals surface area (Å²) in [5.41, 5.74) is 2.78. The second-order valence-electron chi connectivity index (χ2n) is 9.97. The molecular weight excluding hydrogens is 538 g/mol. The molecule has 4 aromatic carbocycles. The first kappa shape index (κ1) is 27.9. The van der Waals surface area contributed by atoms with Crippen LogP contribution in [0.3, 0.4) is 0 Å². The monoisotopic (exact) mass is 567 g/mol. The van der Waals surface area contributed by atoms with Crippen LogP contribution < -0.4 is 10.6 Å². The molecule has 8 nitrogen and oxygen atoms in total. The number of aryl methyl sites for hydroxylation is 1. The standard InChI is InChI=1S/C32H29N3O5S/c1-21-12-19-29(27(20-21)30(36)22-8-4-3-5-9-22)34-32(38)26-10-6-7-11-28(26)33-31(37)23-13-17-25(18-14-23)41(39,40)35(2)24-15-16-24/h3-14,17-20,24H,15-16H2,1-2H3,(H,33,37)(H,34,38). The molecule has 1 fully saturated rings. The topological polar surface area (TPSA) is 113 Å². The van der Waals surface area contributed by atoms with E-state index in [-0.39, 0.29) is 33.5 Å². The Bertz CT molecular complexity index is 1730. The smallest absolute Gasteiger partial charge is 0.257 e. The predicted octanol–water partition coefficient (Wildman–Crippen LogP) is 5.51. The summed E-state index contributed by atoms with van der Waals surface area (Å²) in [4.78, 5) is 39.8. The summed E-state index contributed by atoms with van der Waals surface area (Å²) in [7, 11) is -2.07. The van der Waals surface area contributed by atoms with E-state index in [2.05, 4.69) is 10.6 Å². The molecule has 208 valence electrons. The lowest BCUT2D eigenvalue weighted by Crippen LogP contribution is -2.29.